The third-order valence-corrected chi connectivity index (χ3v) is 5.16. The molecule has 6 nitrogen and oxygen atoms in total. The minimum absolute atomic E-state index is 0.00413. The second-order valence-corrected chi connectivity index (χ2v) is 8.02. The van der Waals surface area contributed by atoms with Gasteiger partial charge in [-0.3, -0.25) is 0 Å². The maximum Gasteiger partial charge on any atom is 0.416 e. The van der Waals surface area contributed by atoms with Crippen molar-refractivity contribution in [1.82, 2.24) is 10.0 Å². The van der Waals surface area contributed by atoms with Crippen molar-refractivity contribution in [2.24, 2.45) is 0 Å². The number of amides is 2. The third-order valence-electron chi connectivity index (χ3n) is 3.50. The van der Waals surface area contributed by atoms with Gasteiger partial charge in [-0.05, 0) is 49.7 Å². The van der Waals surface area contributed by atoms with Gasteiger partial charge < -0.3 is 10.6 Å². The summed E-state index contributed by atoms with van der Waals surface area (Å²) in [5.41, 5.74) is -0.364. The number of hydrogen-bond acceptors (Lipinski definition) is 3. The lowest BCUT2D eigenvalue weighted by atomic mass is 10.2. The van der Waals surface area contributed by atoms with Crippen molar-refractivity contribution in [1.29, 1.82) is 0 Å². The topological polar surface area (TPSA) is 87.3 Å². The molecule has 0 bridgehead atoms. The number of carbonyl (C=O) groups excluding carboxylic acids is 1. The summed E-state index contributed by atoms with van der Waals surface area (Å²) in [6.07, 6.45) is -4.51. The van der Waals surface area contributed by atoms with Crippen molar-refractivity contribution < 1.29 is 26.4 Å². The van der Waals surface area contributed by atoms with Gasteiger partial charge in [0.2, 0.25) is 10.0 Å². The summed E-state index contributed by atoms with van der Waals surface area (Å²) in [4.78, 5) is 12.0. The minimum atomic E-state index is -4.51. The number of nitrogens with one attached hydrogen (secondary N) is 3. The fourth-order valence-electron chi connectivity index (χ4n) is 2.33. The SMILES string of the molecule is CC(C)NS(=O)(=O)c1cccc(CNC(=O)Nc2cccc(C(F)(F)F)c2)c1. The van der Waals surface area contributed by atoms with Gasteiger partial charge in [-0.25, -0.2) is 17.9 Å². The van der Waals surface area contributed by atoms with Crippen LogP contribution in [0.3, 0.4) is 0 Å². The second kappa shape index (κ2) is 8.61. The number of halogens is 3. The zero-order valence-electron chi connectivity index (χ0n) is 15.2. The van der Waals surface area contributed by atoms with Gasteiger partial charge in [0.1, 0.15) is 0 Å². The molecule has 10 heteroatoms. The van der Waals surface area contributed by atoms with E-state index in [0.717, 1.165) is 12.1 Å². The predicted octanol–water partition coefficient (Wildman–Crippen LogP) is 3.71. The number of rotatable bonds is 6. The van der Waals surface area contributed by atoms with Crippen LogP contribution in [0.4, 0.5) is 23.7 Å². The number of sulfonamides is 1. The summed E-state index contributed by atoms with van der Waals surface area (Å²) in [7, 11) is -3.67. The molecule has 28 heavy (non-hydrogen) atoms. The lowest BCUT2D eigenvalue weighted by molar-refractivity contribution is -0.137. The van der Waals surface area contributed by atoms with Crippen LogP contribution in [-0.2, 0) is 22.7 Å². The lowest BCUT2D eigenvalue weighted by Gasteiger charge is -2.12. The smallest absolute Gasteiger partial charge is 0.334 e. The third kappa shape index (κ3) is 6.24. The van der Waals surface area contributed by atoms with E-state index in [4.69, 9.17) is 0 Å². The monoisotopic (exact) mass is 415 g/mol. The Bertz CT molecular complexity index is 944. The van der Waals surface area contributed by atoms with Crippen molar-refractivity contribution in [2.45, 2.75) is 37.5 Å². The first-order chi connectivity index (χ1) is 13.0. The molecule has 0 radical (unpaired) electrons. The summed E-state index contributed by atoms with van der Waals surface area (Å²) < 4.78 is 64.9. The fourth-order valence-corrected chi connectivity index (χ4v) is 3.65. The lowest BCUT2D eigenvalue weighted by Crippen LogP contribution is -2.30. The molecule has 0 spiro atoms. The maximum absolute atomic E-state index is 12.7. The molecule has 0 saturated carbocycles. The fraction of sp³-hybridized carbons (Fsp3) is 0.278. The van der Waals surface area contributed by atoms with Gasteiger partial charge in [0, 0.05) is 18.3 Å². The van der Waals surface area contributed by atoms with E-state index in [9.17, 15) is 26.4 Å². The van der Waals surface area contributed by atoms with Crippen molar-refractivity contribution in [3.05, 3.63) is 59.7 Å². The van der Waals surface area contributed by atoms with E-state index in [2.05, 4.69) is 15.4 Å². The molecule has 0 atom stereocenters. The summed E-state index contributed by atoms with van der Waals surface area (Å²) in [6.45, 7) is 3.39. The average molecular weight is 415 g/mol. The largest absolute Gasteiger partial charge is 0.416 e. The quantitative estimate of drug-likeness (QED) is 0.672. The number of benzene rings is 2. The molecule has 3 N–H and O–H groups in total. The van der Waals surface area contributed by atoms with E-state index in [1.807, 2.05) is 0 Å². The van der Waals surface area contributed by atoms with Crippen LogP contribution in [0.2, 0.25) is 0 Å². The van der Waals surface area contributed by atoms with Gasteiger partial charge in [0.05, 0.1) is 10.5 Å². The Morgan fingerprint density at radius 3 is 2.39 bits per heavy atom. The standard InChI is InChI=1S/C18H20F3N3O3S/c1-12(2)24-28(26,27)16-8-3-5-13(9-16)11-22-17(25)23-15-7-4-6-14(10-15)18(19,20)21/h3-10,12,24H,11H2,1-2H3,(H2,22,23,25). The molecule has 0 aliphatic rings. The number of alkyl halides is 3. The Kier molecular flexibility index (Phi) is 6.68. The highest BCUT2D eigenvalue weighted by Gasteiger charge is 2.30. The summed E-state index contributed by atoms with van der Waals surface area (Å²) >= 11 is 0. The number of carbonyl (C=O) groups is 1. The molecule has 2 rings (SSSR count). The summed E-state index contributed by atoms with van der Waals surface area (Å²) in [5, 5.41) is 4.79. The van der Waals surface area contributed by atoms with Crippen molar-refractivity contribution in [3.63, 3.8) is 0 Å². The van der Waals surface area contributed by atoms with Crippen molar-refractivity contribution >= 4 is 21.7 Å². The Hall–Kier alpha value is -2.59. The number of anilines is 1. The highest BCUT2D eigenvalue weighted by Crippen LogP contribution is 2.30. The van der Waals surface area contributed by atoms with Gasteiger partial charge >= 0.3 is 12.2 Å². The highest BCUT2D eigenvalue weighted by atomic mass is 32.2. The van der Waals surface area contributed by atoms with Crippen LogP contribution in [-0.4, -0.2) is 20.5 Å². The molecule has 0 aliphatic heterocycles. The average Bonchev–Trinajstić information content (AvgIpc) is 2.59. The molecule has 0 fully saturated rings. The molecule has 2 aromatic rings. The van der Waals surface area contributed by atoms with E-state index in [1.54, 1.807) is 19.9 Å². The molecule has 0 saturated heterocycles. The van der Waals surface area contributed by atoms with Crippen molar-refractivity contribution in [2.75, 3.05) is 5.32 Å². The minimum Gasteiger partial charge on any atom is -0.334 e. The van der Waals surface area contributed by atoms with Gasteiger partial charge in [0.15, 0.2) is 0 Å². The van der Waals surface area contributed by atoms with E-state index >= 15 is 0 Å². The first-order valence-corrected chi connectivity index (χ1v) is 9.79. The van der Waals surface area contributed by atoms with Gasteiger partial charge in [-0.2, -0.15) is 13.2 Å². The van der Waals surface area contributed by atoms with Crippen LogP contribution in [0, 0.1) is 0 Å². The normalized spacial score (nSPS) is 12.1. The zero-order chi connectivity index (χ0) is 20.9. The van der Waals surface area contributed by atoms with E-state index in [-0.39, 0.29) is 23.2 Å². The second-order valence-electron chi connectivity index (χ2n) is 6.31. The zero-order valence-corrected chi connectivity index (χ0v) is 16.0. The molecule has 0 aliphatic carbocycles. The number of urea groups is 1. The molecular formula is C18H20F3N3O3S. The van der Waals surface area contributed by atoms with Crippen LogP contribution < -0.4 is 15.4 Å². The van der Waals surface area contributed by atoms with Crippen molar-refractivity contribution in [3.8, 4) is 0 Å². The molecule has 152 valence electrons. The van der Waals surface area contributed by atoms with Gasteiger partial charge in [-0.1, -0.05) is 18.2 Å². The van der Waals surface area contributed by atoms with E-state index < -0.39 is 27.8 Å². The van der Waals surface area contributed by atoms with E-state index in [0.29, 0.717) is 5.56 Å². The molecular weight excluding hydrogens is 395 g/mol. The maximum atomic E-state index is 12.7. The number of hydrogen-bond donors (Lipinski definition) is 3. The Morgan fingerprint density at radius 2 is 1.75 bits per heavy atom. The molecule has 2 aromatic carbocycles. The van der Waals surface area contributed by atoms with Crippen LogP contribution in [0.5, 0.6) is 0 Å². The molecule has 0 aromatic heterocycles. The first-order valence-electron chi connectivity index (χ1n) is 8.31. The van der Waals surface area contributed by atoms with Crippen LogP contribution in [0.15, 0.2) is 53.4 Å². The molecule has 0 unspecified atom stereocenters. The van der Waals surface area contributed by atoms with E-state index in [1.165, 1.54) is 30.3 Å². The first kappa shape index (κ1) is 21.7. The Morgan fingerprint density at radius 1 is 1.07 bits per heavy atom. The molecule has 0 heterocycles. The Balaban J connectivity index is 2.01. The van der Waals surface area contributed by atoms with Crippen LogP contribution >= 0.6 is 0 Å². The van der Waals surface area contributed by atoms with Crippen LogP contribution in [0.25, 0.3) is 0 Å². The Labute approximate surface area is 161 Å². The van der Waals surface area contributed by atoms with Gasteiger partial charge in [-0.15, -0.1) is 0 Å². The van der Waals surface area contributed by atoms with Gasteiger partial charge in [0.25, 0.3) is 0 Å². The van der Waals surface area contributed by atoms with Crippen LogP contribution in [0.1, 0.15) is 25.0 Å². The highest BCUT2D eigenvalue weighted by molar-refractivity contribution is 7.89. The predicted molar refractivity (Wildman–Crippen MR) is 99.2 cm³/mol. The summed E-state index contributed by atoms with van der Waals surface area (Å²) in [5.74, 6) is 0. The molecule has 2 amide bonds. The summed E-state index contributed by atoms with van der Waals surface area (Å²) in [6, 6.07) is 9.26.